The number of hydrogen-bond donors (Lipinski definition) is 29. The second kappa shape index (κ2) is 40.0. The fourth-order valence-electron chi connectivity index (χ4n) is 15.6. The van der Waals surface area contributed by atoms with Crippen LogP contribution in [0.15, 0.2) is 0 Å². The number of aliphatic hydroxyl groups excluding tert-OH is 24. The molecule has 8 heterocycles. The van der Waals surface area contributed by atoms with Gasteiger partial charge in [0.1, 0.15) is 146 Å². The molecule has 0 saturated carbocycles. The van der Waals surface area contributed by atoms with Crippen molar-refractivity contribution in [3.8, 4) is 0 Å². The smallest absolute Gasteiger partial charge is 0.364 e. The molecular weight excluding hydrogens is 1590 g/mol. The van der Waals surface area contributed by atoms with Gasteiger partial charge in [0, 0.05) is 56.3 Å². The number of amides is 1. The number of aliphatic hydroxyl groups is 24. The van der Waals surface area contributed by atoms with Crippen molar-refractivity contribution < 1.29 is 238 Å². The molecular formula is C67H111NO48. The van der Waals surface area contributed by atoms with E-state index >= 15 is 0 Å². The Labute approximate surface area is 658 Å². The van der Waals surface area contributed by atoms with Gasteiger partial charge in [0.2, 0.25) is 5.91 Å². The van der Waals surface area contributed by atoms with Crippen LogP contribution < -0.4 is 5.32 Å². The third kappa shape index (κ3) is 19.9. The number of aliphatic carboxylic acids is 4. The number of carbonyl (C=O) groups is 5. The summed E-state index contributed by atoms with van der Waals surface area (Å²) in [5, 5.41) is 313. The molecule has 0 aliphatic carbocycles. The summed E-state index contributed by atoms with van der Waals surface area (Å²) in [5.74, 6) is -28.5. The van der Waals surface area contributed by atoms with E-state index in [0.717, 1.165) is 20.8 Å². The van der Waals surface area contributed by atoms with Crippen molar-refractivity contribution in [1.29, 1.82) is 0 Å². The molecule has 8 rings (SSSR count). The van der Waals surface area contributed by atoms with E-state index in [1.54, 1.807) is 0 Å². The van der Waals surface area contributed by atoms with E-state index in [1.165, 1.54) is 20.8 Å². The molecule has 0 aromatic heterocycles. The summed E-state index contributed by atoms with van der Waals surface area (Å²) in [6, 6.07) is -2.21. The van der Waals surface area contributed by atoms with Gasteiger partial charge in [-0.25, -0.2) is 19.2 Å². The van der Waals surface area contributed by atoms with Gasteiger partial charge < -0.3 is 219 Å². The number of ether oxygens (including phenoxy) is 15. The van der Waals surface area contributed by atoms with E-state index in [-0.39, 0.29) is 0 Å². The number of carboxylic acids is 4. The predicted octanol–water partition coefficient (Wildman–Crippen LogP) is -15.3. The monoisotopic (exact) mass is 1700 g/mol. The zero-order valence-electron chi connectivity index (χ0n) is 63.3. The lowest BCUT2D eigenvalue weighted by molar-refractivity contribution is -0.405. The zero-order chi connectivity index (χ0) is 86.8. The molecule has 49 nitrogen and oxygen atoms in total. The normalized spacial score (nSPS) is 45.9. The number of carbonyl (C=O) groups excluding carboxylic acids is 1. The summed E-state index contributed by atoms with van der Waals surface area (Å²) >= 11 is 0. The summed E-state index contributed by atoms with van der Waals surface area (Å²) in [7, 11) is 0. The molecule has 49 heteroatoms. The maximum Gasteiger partial charge on any atom is 0.364 e. The molecule has 0 spiro atoms. The van der Waals surface area contributed by atoms with E-state index in [0.29, 0.717) is 0 Å². The molecule has 1 amide bonds. The Bertz CT molecular complexity index is 3190. The van der Waals surface area contributed by atoms with Gasteiger partial charge in [-0.3, -0.25) is 4.79 Å². The maximum atomic E-state index is 14.1. The van der Waals surface area contributed by atoms with Crippen molar-refractivity contribution in [1.82, 2.24) is 5.32 Å². The number of nitrogens with one attached hydrogen (secondary N) is 1. The van der Waals surface area contributed by atoms with Crippen LogP contribution in [0.2, 0.25) is 0 Å². The lowest BCUT2D eigenvalue weighted by Crippen LogP contribution is -2.71. The summed E-state index contributed by atoms with van der Waals surface area (Å²) in [5.41, 5.74) is 0. The fraction of sp³-hybridized carbons (Fsp3) is 0.925. The average molecular weight is 1700 g/mol. The predicted molar refractivity (Wildman–Crippen MR) is 361 cm³/mol. The summed E-state index contributed by atoms with van der Waals surface area (Å²) < 4.78 is 88.6. The molecule has 672 valence electrons. The lowest BCUT2D eigenvalue weighted by Gasteiger charge is -2.53. The number of rotatable bonds is 35. The first-order chi connectivity index (χ1) is 54.3. The SMILES string of the molecule is CC(=O)NC1[C@H](O[C@H]2C(CO)O[C@@H](O[C@@H]3C(CO)OC(C)C(O)[C@H]3O)C(O)[C@H]2O[C@]2(C(=O)O)CC(O)[C@@H](C)[C@H]([C@H](O)[C@@H](CO)O[C@]3(C(=O)O)CC(O)[C@@H](C)[C@H]([C@H](O)[C@H](O)CO)O3)O2)OC(CO)[C@H](O)[C@@H]1O[C@@H]1OC(CO)[C@H](O)[C@H](O[C@]2(C(=O)O)CC(O)[C@@H](C)[C@H]([C@H](O)[C@@H](CO)O[C@]3(C(=O)O)CC(O)[C@@H](C)[C@H]([C@H](O)[C@H](O)CO)O3)O2)C1O. The van der Waals surface area contributed by atoms with Gasteiger partial charge in [-0.1, -0.05) is 27.7 Å². The Hall–Kier alpha value is -4.21. The number of carboxylic acid groups (broad SMARTS) is 4. The Morgan fingerprint density at radius 3 is 1.06 bits per heavy atom. The van der Waals surface area contributed by atoms with Crippen LogP contribution in [0.5, 0.6) is 0 Å². The minimum atomic E-state index is -3.55. The first kappa shape index (κ1) is 97.2. The van der Waals surface area contributed by atoms with Crippen molar-refractivity contribution in [3.63, 3.8) is 0 Å². The van der Waals surface area contributed by atoms with Crippen molar-refractivity contribution in [2.75, 3.05) is 52.9 Å². The van der Waals surface area contributed by atoms with Gasteiger partial charge >= 0.3 is 23.9 Å². The molecule has 8 fully saturated rings. The first-order valence-electron chi connectivity index (χ1n) is 37.3. The highest BCUT2D eigenvalue weighted by Gasteiger charge is 2.66. The largest absolute Gasteiger partial charge is 0.477 e. The van der Waals surface area contributed by atoms with Gasteiger partial charge in [0.15, 0.2) is 18.9 Å². The Kier molecular flexibility index (Phi) is 33.5. The molecule has 8 saturated heterocycles. The molecule has 8 aliphatic heterocycles. The average Bonchev–Trinajstić information content (AvgIpc) is 0.752. The van der Waals surface area contributed by atoms with Crippen molar-refractivity contribution in [3.05, 3.63) is 0 Å². The molecule has 44 atom stereocenters. The Balaban J connectivity index is 1.14. The van der Waals surface area contributed by atoms with E-state index < -0.39 is 375 Å². The highest BCUT2D eigenvalue weighted by Crippen LogP contribution is 2.47. The van der Waals surface area contributed by atoms with Crippen LogP contribution in [0.4, 0.5) is 0 Å². The van der Waals surface area contributed by atoms with Crippen LogP contribution in [0.25, 0.3) is 0 Å². The van der Waals surface area contributed by atoms with E-state index in [4.69, 9.17) is 71.1 Å². The third-order valence-electron chi connectivity index (χ3n) is 22.8. The highest BCUT2D eigenvalue weighted by molar-refractivity contribution is 5.78. The van der Waals surface area contributed by atoms with E-state index in [9.17, 15) is 167 Å². The van der Waals surface area contributed by atoms with Crippen LogP contribution in [0, 0.1) is 23.7 Å². The van der Waals surface area contributed by atoms with Gasteiger partial charge in [-0.2, -0.15) is 0 Å². The van der Waals surface area contributed by atoms with Crippen molar-refractivity contribution >= 4 is 29.8 Å². The van der Waals surface area contributed by atoms with Crippen LogP contribution in [-0.4, -0.2) is 469 Å². The van der Waals surface area contributed by atoms with Crippen molar-refractivity contribution in [2.45, 2.75) is 311 Å². The van der Waals surface area contributed by atoms with Gasteiger partial charge in [-0.15, -0.1) is 0 Å². The fourth-order valence-corrected chi connectivity index (χ4v) is 15.6. The third-order valence-corrected chi connectivity index (χ3v) is 22.8. The van der Waals surface area contributed by atoms with E-state index in [1.807, 2.05) is 0 Å². The Morgan fingerprint density at radius 2 is 0.690 bits per heavy atom. The molecule has 0 aromatic rings. The van der Waals surface area contributed by atoms with Crippen LogP contribution >= 0.6 is 0 Å². The molecule has 116 heavy (non-hydrogen) atoms. The molecule has 0 aromatic carbocycles. The Morgan fingerprint density at radius 1 is 0.371 bits per heavy atom. The number of hydrogen-bond acceptors (Lipinski definition) is 44. The molecule has 29 N–H and O–H groups in total. The van der Waals surface area contributed by atoms with Gasteiger partial charge in [-0.05, 0) is 6.92 Å². The maximum absolute atomic E-state index is 14.1. The van der Waals surface area contributed by atoms with Gasteiger partial charge in [0.05, 0.1) is 108 Å². The first-order valence-corrected chi connectivity index (χ1v) is 37.3. The van der Waals surface area contributed by atoms with Crippen LogP contribution in [0.3, 0.4) is 0 Å². The van der Waals surface area contributed by atoms with Crippen LogP contribution in [0.1, 0.15) is 67.2 Å². The van der Waals surface area contributed by atoms with Crippen LogP contribution in [-0.2, 0) is 95.0 Å². The van der Waals surface area contributed by atoms with Gasteiger partial charge in [0.25, 0.3) is 23.1 Å². The zero-order valence-corrected chi connectivity index (χ0v) is 63.3. The summed E-state index contributed by atoms with van der Waals surface area (Å²) in [6.07, 6.45) is -80.8. The molecule has 13 unspecified atom stereocenters. The topological polar surface area (TPSA) is 802 Å². The summed E-state index contributed by atoms with van der Waals surface area (Å²) in [6.45, 7) is -3.14. The second-order valence-electron chi connectivity index (χ2n) is 30.6. The lowest BCUT2D eigenvalue weighted by atomic mass is 9.83. The standard InChI is InChI=1S/C67H111NO48/c1-19-25(78)7-64(60(94)95,111-48(19)39(85)29(82)11-69)109-33(15-73)43(89)50-21(3)27(80)9-66(113-50,62(98)99)115-55-42(88)32(14-72)104-58(46(55)92)108-54-37(68-24(6)77)57(103-31(13-71)41(54)87)107-53-36(18-76)105-59(106-52-35(17-75)102-23(5)38(84)45(52)91)47(93)56(53)116-67(63(100)101)10-28(81)22(4)51(114-67)44(90)34(16-74)110-65(61(96)97)8-26(79)20(2)49(112-65)40(86)30(83)12-70/h19-23,25-59,69-76,78-93H,7-18H2,1-6H3,(H,68,77)(H,94,95)(H,96,97)(H,98,99)(H,100,101)/t19-,20-,21-,22-,23?,25?,26?,27?,28?,29-,30-,31?,32?,33-,34-,35?,36?,37?,38?,39-,40-,41+,42+,43-,44-,45-,46?,47?,48-,49-,50-,51-,52-,53+,54-,55+,56-,57+,58+,59+,64-,65-,66+,67+/m1/s1. The minimum Gasteiger partial charge on any atom is -0.477 e. The minimum absolute atomic E-state index is 0.835. The van der Waals surface area contributed by atoms with Crippen molar-refractivity contribution in [2.24, 2.45) is 23.7 Å². The highest BCUT2D eigenvalue weighted by atomic mass is 16.8. The molecule has 0 radical (unpaired) electrons. The quantitative estimate of drug-likeness (QED) is 0.0280. The second-order valence-corrected chi connectivity index (χ2v) is 30.6. The molecule has 0 bridgehead atoms. The molecule has 8 aliphatic rings. The summed E-state index contributed by atoms with van der Waals surface area (Å²) in [4.78, 5) is 67.5. The van der Waals surface area contributed by atoms with E-state index in [2.05, 4.69) is 5.32 Å².